The molecule has 1 aromatic heterocycles. The van der Waals surface area contributed by atoms with Crippen LogP contribution in [0.1, 0.15) is 28.5 Å². The van der Waals surface area contributed by atoms with Crippen molar-refractivity contribution in [2.45, 2.75) is 26.0 Å². The van der Waals surface area contributed by atoms with Gasteiger partial charge in [0, 0.05) is 24.4 Å². The zero-order valence-corrected chi connectivity index (χ0v) is 13.0. The molecule has 0 fully saturated rings. The Labute approximate surface area is 127 Å². The predicted octanol–water partition coefficient (Wildman–Crippen LogP) is 3.07. The van der Waals surface area contributed by atoms with Gasteiger partial charge in [0.1, 0.15) is 11.6 Å². The fraction of sp³-hybridized carbons (Fsp3) is 0.400. The van der Waals surface area contributed by atoms with Crippen molar-refractivity contribution in [1.29, 1.82) is 0 Å². The summed E-state index contributed by atoms with van der Waals surface area (Å²) in [5.41, 5.74) is 6.84. The normalized spacial score (nSPS) is 12.4. The molecular formula is C15H19FN2O2S. The number of rotatable bonds is 7. The lowest BCUT2D eigenvalue weighted by Gasteiger charge is -2.04. The summed E-state index contributed by atoms with van der Waals surface area (Å²) in [6.45, 7) is 2.89. The molecule has 114 valence electrons. The highest BCUT2D eigenvalue weighted by Gasteiger charge is 2.14. The summed E-state index contributed by atoms with van der Waals surface area (Å²) >= 11 is 1.59. The highest BCUT2D eigenvalue weighted by molar-refractivity contribution is 7.11. The zero-order valence-electron chi connectivity index (χ0n) is 12.1. The monoisotopic (exact) mass is 310 g/mol. The zero-order chi connectivity index (χ0) is 15.2. The largest absolute Gasteiger partial charge is 0.493 e. The number of nitrogens with zero attached hydrogens (tertiary/aromatic N) is 1. The van der Waals surface area contributed by atoms with Crippen LogP contribution in [0.15, 0.2) is 24.3 Å². The number of methoxy groups -OCH3 is 1. The molecule has 0 radical (unpaired) electrons. The highest BCUT2D eigenvalue weighted by atomic mass is 32.1. The molecule has 1 unspecified atom stereocenters. The van der Waals surface area contributed by atoms with Crippen molar-refractivity contribution in [2.24, 2.45) is 5.73 Å². The van der Waals surface area contributed by atoms with Crippen LogP contribution >= 0.6 is 11.3 Å². The third kappa shape index (κ3) is 4.49. The van der Waals surface area contributed by atoms with Crippen LogP contribution in [-0.4, -0.2) is 18.7 Å². The molecule has 0 saturated heterocycles. The average molecular weight is 310 g/mol. The summed E-state index contributed by atoms with van der Waals surface area (Å²) in [7, 11) is 1.64. The second-order valence-corrected chi connectivity index (χ2v) is 5.81. The van der Waals surface area contributed by atoms with E-state index in [2.05, 4.69) is 4.98 Å². The summed E-state index contributed by atoms with van der Waals surface area (Å²) in [6, 6.07) is 5.93. The van der Waals surface area contributed by atoms with Crippen LogP contribution in [0.25, 0.3) is 0 Å². The number of hydrogen-bond donors (Lipinski definition) is 1. The molecule has 1 atom stereocenters. The second kappa shape index (κ2) is 7.49. The molecule has 21 heavy (non-hydrogen) atoms. The van der Waals surface area contributed by atoms with Gasteiger partial charge >= 0.3 is 0 Å². The van der Waals surface area contributed by atoms with Gasteiger partial charge in [0.05, 0.1) is 23.9 Å². The fourth-order valence-electron chi connectivity index (χ4n) is 1.90. The van der Waals surface area contributed by atoms with Gasteiger partial charge in [0.25, 0.3) is 0 Å². The van der Waals surface area contributed by atoms with Crippen LogP contribution in [0.3, 0.4) is 0 Å². The number of hydrogen-bond acceptors (Lipinski definition) is 5. The SMILES string of the molecule is COCc1nc(CCOc2ccc(F)cc2)sc1C(C)N. The van der Waals surface area contributed by atoms with Gasteiger partial charge in [-0.1, -0.05) is 0 Å². The van der Waals surface area contributed by atoms with Crippen LogP contribution in [0, 0.1) is 5.82 Å². The van der Waals surface area contributed by atoms with Gasteiger partial charge in [0.15, 0.2) is 0 Å². The molecule has 0 saturated carbocycles. The van der Waals surface area contributed by atoms with Crippen molar-refractivity contribution in [3.8, 4) is 5.75 Å². The molecule has 2 aromatic rings. The second-order valence-electron chi connectivity index (χ2n) is 4.69. The molecule has 0 aliphatic carbocycles. The Morgan fingerprint density at radius 3 is 2.67 bits per heavy atom. The van der Waals surface area contributed by atoms with Crippen molar-refractivity contribution in [1.82, 2.24) is 4.98 Å². The third-order valence-corrected chi connectivity index (χ3v) is 4.22. The maximum absolute atomic E-state index is 12.8. The number of thiazole rings is 1. The standard InChI is InChI=1S/C15H19FN2O2S/c1-10(17)15-13(9-19-2)18-14(21-15)7-8-20-12-5-3-11(16)4-6-12/h3-6,10H,7-9,17H2,1-2H3. The van der Waals surface area contributed by atoms with Crippen molar-refractivity contribution >= 4 is 11.3 Å². The lowest BCUT2D eigenvalue weighted by Crippen LogP contribution is -2.06. The number of benzene rings is 1. The highest BCUT2D eigenvalue weighted by Crippen LogP contribution is 2.25. The first kappa shape index (κ1) is 15.9. The summed E-state index contributed by atoms with van der Waals surface area (Å²) in [5, 5.41) is 0.969. The first-order valence-corrected chi connectivity index (χ1v) is 7.53. The number of halogens is 1. The van der Waals surface area contributed by atoms with E-state index in [0.29, 0.717) is 25.4 Å². The molecule has 1 heterocycles. The lowest BCUT2D eigenvalue weighted by atomic mass is 10.2. The van der Waals surface area contributed by atoms with E-state index in [1.165, 1.54) is 12.1 Å². The molecule has 0 spiro atoms. The van der Waals surface area contributed by atoms with Crippen LogP contribution in [-0.2, 0) is 17.8 Å². The Balaban J connectivity index is 1.93. The van der Waals surface area contributed by atoms with Crippen LogP contribution in [0.2, 0.25) is 0 Å². The summed E-state index contributed by atoms with van der Waals surface area (Å²) < 4.78 is 23.5. The topological polar surface area (TPSA) is 57.4 Å². The Hall–Kier alpha value is -1.50. The first-order valence-electron chi connectivity index (χ1n) is 6.71. The minimum Gasteiger partial charge on any atom is -0.493 e. The van der Waals surface area contributed by atoms with Gasteiger partial charge in [-0.25, -0.2) is 9.37 Å². The smallest absolute Gasteiger partial charge is 0.123 e. The molecule has 0 bridgehead atoms. The van der Waals surface area contributed by atoms with Crippen molar-refractivity contribution in [3.05, 3.63) is 45.7 Å². The van der Waals surface area contributed by atoms with Gasteiger partial charge < -0.3 is 15.2 Å². The fourth-order valence-corrected chi connectivity index (χ4v) is 2.91. The average Bonchev–Trinajstić information content (AvgIpc) is 2.85. The molecule has 0 amide bonds. The first-order chi connectivity index (χ1) is 10.1. The quantitative estimate of drug-likeness (QED) is 0.854. The van der Waals surface area contributed by atoms with Gasteiger partial charge in [-0.3, -0.25) is 0 Å². The van der Waals surface area contributed by atoms with Gasteiger partial charge in [-0.15, -0.1) is 11.3 Å². The molecular weight excluding hydrogens is 291 g/mol. The van der Waals surface area contributed by atoms with Crippen molar-refractivity contribution in [3.63, 3.8) is 0 Å². The van der Waals surface area contributed by atoms with Crippen LogP contribution in [0.4, 0.5) is 4.39 Å². The van der Waals surface area contributed by atoms with Crippen LogP contribution < -0.4 is 10.5 Å². The Morgan fingerprint density at radius 1 is 1.33 bits per heavy atom. The summed E-state index contributed by atoms with van der Waals surface area (Å²) in [5.74, 6) is 0.380. The number of nitrogens with two attached hydrogens (primary N) is 1. The minimum atomic E-state index is -0.270. The molecule has 0 aliphatic heterocycles. The molecule has 2 N–H and O–H groups in total. The Kier molecular flexibility index (Phi) is 5.67. The summed E-state index contributed by atoms with van der Waals surface area (Å²) in [4.78, 5) is 5.59. The Morgan fingerprint density at radius 2 is 2.05 bits per heavy atom. The number of ether oxygens (including phenoxy) is 2. The lowest BCUT2D eigenvalue weighted by molar-refractivity contribution is 0.181. The van der Waals surface area contributed by atoms with E-state index in [1.807, 2.05) is 6.92 Å². The summed E-state index contributed by atoms with van der Waals surface area (Å²) in [6.07, 6.45) is 0.686. The molecule has 1 aromatic carbocycles. The van der Waals surface area contributed by atoms with E-state index in [0.717, 1.165) is 15.6 Å². The maximum atomic E-state index is 12.8. The van der Waals surface area contributed by atoms with Crippen LogP contribution in [0.5, 0.6) is 5.75 Å². The number of aromatic nitrogens is 1. The van der Waals surface area contributed by atoms with E-state index >= 15 is 0 Å². The molecule has 6 heteroatoms. The van der Waals surface area contributed by atoms with E-state index in [-0.39, 0.29) is 11.9 Å². The molecule has 2 rings (SSSR count). The van der Waals surface area contributed by atoms with E-state index in [4.69, 9.17) is 15.2 Å². The van der Waals surface area contributed by atoms with E-state index in [1.54, 1.807) is 30.6 Å². The minimum absolute atomic E-state index is 0.0561. The Bertz CT molecular complexity index is 570. The van der Waals surface area contributed by atoms with Gasteiger partial charge in [-0.2, -0.15) is 0 Å². The van der Waals surface area contributed by atoms with Crippen molar-refractivity contribution < 1.29 is 13.9 Å². The molecule has 4 nitrogen and oxygen atoms in total. The molecule has 0 aliphatic rings. The van der Waals surface area contributed by atoms with Gasteiger partial charge in [-0.05, 0) is 31.2 Å². The van der Waals surface area contributed by atoms with Gasteiger partial charge in [0.2, 0.25) is 0 Å². The third-order valence-electron chi connectivity index (χ3n) is 2.86. The van der Waals surface area contributed by atoms with E-state index < -0.39 is 0 Å². The maximum Gasteiger partial charge on any atom is 0.123 e. The van der Waals surface area contributed by atoms with E-state index in [9.17, 15) is 4.39 Å². The predicted molar refractivity (Wildman–Crippen MR) is 81.0 cm³/mol. The van der Waals surface area contributed by atoms with Crippen molar-refractivity contribution in [2.75, 3.05) is 13.7 Å².